The van der Waals surface area contributed by atoms with Crippen molar-refractivity contribution in [2.45, 2.75) is 53.2 Å². The first-order chi connectivity index (χ1) is 13.7. The molecule has 1 atom stereocenters. The van der Waals surface area contributed by atoms with E-state index in [2.05, 4.69) is 10.6 Å². The van der Waals surface area contributed by atoms with Crippen molar-refractivity contribution in [3.8, 4) is 0 Å². The molecule has 0 radical (unpaired) electrons. The van der Waals surface area contributed by atoms with Crippen LogP contribution in [0, 0.1) is 11.3 Å². The van der Waals surface area contributed by atoms with Crippen LogP contribution in [0.1, 0.15) is 46.1 Å². The zero-order chi connectivity index (χ0) is 21.9. The van der Waals surface area contributed by atoms with Crippen LogP contribution in [0.4, 0.5) is 4.79 Å². The quantitative estimate of drug-likeness (QED) is 0.416. The lowest BCUT2D eigenvalue weighted by Crippen LogP contribution is -2.48. The van der Waals surface area contributed by atoms with Crippen molar-refractivity contribution in [1.82, 2.24) is 10.6 Å². The lowest BCUT2D eigenvalue weighted by Gasteiger charge is -2.23. The maximum atomic E-state index is 12.6. The molecule has 0 aromatic heterocycles. The first kappa shape index (κ1) is 24.8. The summed E-state index contributed by atoms with van der Waals surface area (Å²) in [4.78, 5) is 36.5. The number of alkyl carbamates (subject to hydrolysis) is 1. The minimum atomic E-state index is -0.780. The highest BCUT2D eigenvalue weighted by Crippen LogP contribution is 2.21. The Morgan fingerprint density at radius 1 is 1.10 bits per heavy atom. The lowest BCUT2D eigenvalue weighted by molar-refractivity contribution is -0.152. The number of esters is 1. The van der Waals surface area contributed by atoms with Crippen LogP contribution in [0.5, 0.6) is 0 Å². The summed E-state index contributed by atoms with van der Waals surface area (Å²) in [6.45, 7) is 7.75. The molecule has 0 fully saturated rings. The Hall–Kier alpha value is -2.28. The average molecular weight is 427 g/mol. The smallest absolute Gasteiger partial charge is 0.408 e. The van der Waals surface area contributed by atoms with Crippen LogP contribution in [0.25, 0.3) is 0 Å². The summed E-state index contributed by atoms with van der Waals surface area (Å²) < 4.78 is 10.0. The molecule has 1 aromatic rings. The molecule has 2 amide bonds. The second kappa shape index (κ2) is 12.3. The standard InChI is InChI=1S/C21H31ClN2O5/c1-15(2)12-17(24-20(27)28-13-16-8-6-5-7-9-16)18(25)23-11-10-21(3,4)19(26)29-14-22/h5-9,15,17H,10-14H2,1-4H3,(H,23,25)(H,24,27)/t17-/m0/s1. The highest BCUT2D eigenvalue weighted by atomic mass is 35.5. The number of amides is 2. The van der Waals surface area contributed by atoms with Crippen LogP contribution in [0.15, 0.2) is 30.3 Å². The minimum absolute atomic E-state index is 0.125. The summed E-state index contributed by atoms with van der Waals surface area (Å²) in [5.74, 6) is -0.560. The number of benzene rings is 1. The zero-order valence-electron chi connectivity index (χ0n) is 17.5. The van der Waals surface area contributed by atoms with E-state index >= 15 is 0 Å². The van der Waals surface area contributed by atoms with E-state index in [4.69, 9.17) is 21.1 Å². The molecule has 0 bridgehead atoms. The maximum absolute atomic E-state index is 12.6. The van der Waals surface area contributed by atoms with Crippen molar-refractivity contribution < 1.29 is 23.9 Å². The van der Waals surface area contributed by atoms with E-state index in [1.54, 1.807) is 13.8 Å². The van der Waals surface area contributed by atoms with E-state index in [1.165, 1.54) is 0 Å². The van der Waals surface area contributed by atoms with E-state index in [0.717, 1.165) is 5.56 Å². The number of alkyl halides is 1. The van der Waals surface area contributed by atoms with E-state index in [-0.39, 0.29) is 31.0 Å². The van der Waals surface area contributed by atoms with Crippen molar-refractivity contribution >= 4 is 29.6 Å². The van der Waals surface area contributed by atoms with Crippen LogP contribution in [0.3, 0.4) is 0 Å². The molecule has 7 nitrogen and oxygen atoms in total. The van der Waals surface area contributed by atoms with E-state index in [9.17, 15) is 14.4 Å². The number of hydrogen-bond acceptors (Lipinski definition) is 5. The summed E-state index contributed by atoms with van der Waals surface area (Å²) >= 11 is 5.43. The van der Waals surface area contributed by atoms with Gasteiger partial charge in [0.25, 0.3) is 0 Å². The molecular weight excluding hydrogens is 396 g/mol. The Labute approximate surface area is 177 Å². The topological polar surface area (TPSA) is 93.7 Å². The normalized spacial score (nSPS) is 12.2. The molecule has 0 unspecified atom stereocenters. The summed E-state index contributed by atoms with van der Waals surface area (Å²) in [5, 5.41) is 5.40. The largest absolute Gasteiger partial charge is 0.449 e. The third kappa shape index (κ3) is 9.65. The van der Waals surface area contributed by atoms with Gasteiger partial charge in [0.2, 0.25) is 5.91 Å². The summed E-state index contributed by atoms with van der Waals surface area (Å²) in [6, 6.07) is 8.36. The Bertz CT molecular complexity index is 664. The minimum Gasteiger partial charge on any atom is -0.449 e. The molecule has 0 aliphatic carbocycles. The fraction of sp³-hybridized carbons (Fsp3) is 0.571. The first-order valence-electron chi connectivity index (χ1n) is 9.64. The van der Waals surface area contributed by atoms with Crippen molar-refractivity contribution in [2.24, 2.45) is 11.3 Å². The average Bonchev–Trinajstić information content (AvgIpc) is 2.66. The monoisotopic (exact) mass is 426 g/mol. The molecule has 1 aromatic carbocycles. The fourth-order valence-corrected chi connectivity index (χ4v) is 2.68. The third-order valence-corrected chi connectivity index (χ3v) is 4.43. The predicted molar refractivity (Wildman–Crippen MR) is 111 cm³/mol. The molecule has 1 rings (SSSR count). The van der Waals surface area contributed by atoms with Gasteiger partial charge in [-0.25, -0.2) is 4.79 Å². The van der Waals surface area contributed by atoms with Crippen molar-refractivity contribution in [1.29, 1.82) is 0 Å². The van der Waals surface area contributed by atoms with Gasteiger partial charge < -0.3 is 20.1 Å². The first-order valence-corrected chi connectivity index (χ1v) is 10.2. The van der Waals surface area contributed by atoms with Gasteiger partial charge >= 0.3 is 12.1 Å². The SMILES string of the molecule is CC(C)C[C@H](NC(=O)OCc1ccccc1)C(=O)NCCC(C)(C)C(=O)OCCl. The van der Waals surface area contributed by atoms with Gasteiger partial charge in [0.15, 0.2) is 6.07 Å². The van der Waals surface area contributed by atoms with Crippen LogP contribution >= 0.6 is 11.6 Å². The number of hydrogen-bond donors (Lipinski definition) is 2. The van der Waals surface area contributed by atoms with Crippen molar-refractivity contribution in [3.05, 3.63) is 35.9 Å². The third-order valence-electron chi connectivity index (χ3n) is 4.32. The van der Waals surface area contributed by atoms with E-state index in [1.807, 2.05) is 44.2 Å². The number of carbonyl (C=O) groups excluding carboxylic acids is 3. The molecule has 0 saturated carbocycles. The molecule has 162 valence electrons. The van der Waals surface area contributed by atoms with Gasteiger partial charge in [0.05, 0.1) is 5.41 Å². The second-order valence-electron chi connectivity index (χ2n) is 7.85. The Balaban J connectivity index is 2.54. The molecule has 0 heterocycles. The second-order valence-corrected chi connectivity index (χ2v) is 8.07. The summed E-state index contributed by atoms with van der Waals surface area (Å²) in [5.41, 5.74) is 0.0798. The molecular formula is C21H31ClN2O5. The number of rotatable bonds is 11. The number of carbonyl (C=O) groups is 3. The van der Waals surface area contributed by atoms with Gasteiger partial charge in [0.1, 0.15) is 12.6 Å². The highest BCUT2D eigenvalue weighted by Gasteiger charge is 2.30. The highest BCUT2D eigenvalue weighted by molar-refractivity contribution is 6.17. The molecule has 0 aliphatic rings. The molecule has 29 heavy (non-hydrogen) atoms. The van der Waals surface area contributed by atoms with Gasteiger partial charge in [-0.15, -0.1) is 0 Å². The predicted octanol–water partition coefficient (Wildman–Crippen LogP) is 3.60. The van der Waals surface area contributed by atoms with Crippen LogP contribution < -0.4 is 10.6 Å². The Morgan fingerprint density at radius 3 is 2.34 bits per heavy atom. The lowest BCUT2D eigenvalue weighted by atomic mass is 9.89. The number of ether oxygens (including phenoxy) is 2. The molecule has 0 aliphatic heterocycles. The molecule has 2 N–H and O–H groups in total. The van der Waals surface area contributed by atoms with Crippen molar-refractivity contribution in [3.63, 3.8) is 0 Å². The Kier molecular flexibility index (Phi) is 10.5. The summed E-state index contributed by atoms with van der Waals surface area (Å²) in [7, 11) is 0. The van der Waals surface area contributed by atoms with Gasteiger partial charge in [-0.05, 0) is 38.2 Å². The van der Waals surface area contributed by atoms with Gasteiger partial charge in [-0.2, -0.15) is 0 Å². The van der Waals surface area contributed by atoms with Crippen LogP contribution in [-0.4, -0.2) is 36.6 Å². The van der Waals surface area contributed by atoms with E-state index in [0.29, 0.717) is 12.8 Å². The summed E-state index contributed by atoms with van der Waals surface area (Å²) in [6.07, 6.45) is 0.186. The molecule has 8 heteroatoms. The fourth-order valence-electron chi connectivity index (χ4n) is 2.58. The number of halogens is 1. The van der Waals surface area contributed by atoms with Crippen LogP contribution in [-0.2, 0) is 25.7 Å². The van der Waals surface area contributed by atoms with Gasteiger partial charge in [-0.3, -0.25) is 9.59 Å². The van der Waals surface area contributed by atoms with E-state index < -0.39 is 23.5 Å². The van der Waals surface area contributed by atoms with Crippen LogP contribution in [0.2, 0.25) is 0 Å². The molecule has 0 saturated heterocycles. The molecule has 0 spiro atoms. The zero-order valence-corrected chi connectivity index (χ0v) is 18.3. The van der Waals surface area contributed by atoms with Crippen molar-refractivity contribution in [2.75, 3.05) is 12.6 Å². The van der Waals surface area contributed by atoms with Gasteiger partial charge in [0, 0.05) is 6.54 Å². The maximum Gasteiger partial charge on any atom is 0.408 e. The Morgan fingerprint density at radius 2 is 1.76 bits per heavy atom. The number of nitrogens with one attached hydrogen (secondary N) is 2. The van der Waals surface area contributed by atoms with Gasteiger partial charge in [-0.1, -0.05) is 55.8 Å².